The van der Waals surface area contributed by atoms with Crippen LogP contribution < -0.4 is 0 Å². The lowest BCUT2D eigenvalue weighted by atomic mass is 10.3. The Morgan fingerprint density at radius 3 is 2.93 bits per heavy atom. The Morgan fingerprint density at radius 2 is 2.20 bits per heavy atom. The van der Waals surface area contributed by atoms with Gasteiger partial charge in [0.05, 0.1) is 5.03 Å². The van der Waals surface area contributed by atoms with Crippen LogP contribution in [0.25, 0.3) is 0 Å². The van der Waals surface area contributed by atoms with Crippen molar-refractivity contribution in [3.05, 3.63) is 53.4 Å². The fourth-order valence-corrected chi connectivity index (χ4v) is 2.16. The van der Waals surface area contributed by atoms with Crippen molar-refractivity contribution >= 4 is 23.4 Å². The van der Waals surface area contributed by atoms with Gasteiger partial charge >= 0.3 is 0 Å². The minimum Gasteiger partial charge on any atom is -0.264 e. The molecular weight excluding hydrogens is 228 g/mol. The van der Waals surface area contributed by atoms with Crippen molar-refractivity contribution in [1.82, 2.24) is 9.97 Å². The summed E-state index contributed by atoms with van der Waals surface area (Å²) >= 11 is 7.51. The Bertz CT molecular complexity index is 434. The summed E-state index contributed by atoms with van der Waals surface area (Å²) in [6, 6.07) is 7.62. The van der Waals surface area contributed by atoms with Crippen molar-refractivity contribution in [2.45, 2.75) is 10.8 Å². The highest BCUT2D eigenvalue weighted by molar-refractivity contribution is 7.98. The Morgan fingerprint density at radius 1 is 1.27 bits per heavy atom. The summed E-state index contributed by atoms with van der Waals surface area (Å²) in [4.78, 5) is 8.27. The maximum Gasteiger partial charge on any atom is 0.0977 e. The van der Waals surface area contributed by atoms with Gasteiger partial charge in [0.15, 0.2) is 0 Å². The van der Waals surface area contributed by atoms with E-state index in [0.717, 1.165) is 15.8 Å². The highest BCUT2D eigenvalue weighted by Crippen LogP contribution is 2.22. The predicted molar refractivity (Wildman–Crippen MR) is 63.0 cm³/mol. The first-order chi connectivity index (χ1) is 7.34. The van der Waals surface area contributed by atoms with E-state index in [-0.39, 0.29) is 0 Å². The molecule has 2 nitrogen and oxygen atoms in total. The van der Waals surface area contributed by atoms with Crippen molar-refractivity contribution in [1.29, 1.82) is 0 Å². The van der Waals surface area contributed by atoms with Gasteiger partial charge in [-0.05, 0) is 23.8 Å². The summed E-state index contributed by atoms with van der Waals surface area (Å²) < 4.78 is 0. The van der Waals surface area contributed by atoms with Crippen molar-refractivity contribution in [3.8, 4) is 0 Å². The van der Waals surface area contributed by atoms with E-state index >= 15 is 0 Å². The number of halogens is 1. The summed E-state index contributed by atoms with van der Waals surface area (Å²) in [5.74, 6) is 0.862. The number of aromatic nitrogens is 2. The molecule has 0 aliphatic carbocycles. The van der Waals surface area contributed by atoms with Crippen LogP contribution in [0.4, 0.5) is 0 Å². The van der Waals surface area contributed by atoms with Gasteiger partial charge in [0.25, 0.3) is 0 Å². The van der Waals surface area contributed by atoms with Crippen molar-refractivity contribution < 1.29 is 0 Å². The normalized spacial score (nSPS) is 10.2. The molecule has 2 heterocycles. The summed E-state index contributed by atoms with van der Waals surface area (Å²) in [6.07, 6.45) is 5.34. The Balaban J connectivity index is 1.99. The van der Waals surface area contributed by atoms with Gasteiger partial charge in [-0.2, -0.15) is 0 Å². The highest BCUT2D eigenvalue weighted by Gasteiger charge is 1.98. The maximum atomic E-state index is 5.86. The number of thioether (sulfide) groups is 1. The molecule has 0 saturated carbocycles. The predicted octanol–water partition coefficient (Wildman–Crippen LogP) is 3.42. The first-order valence-corrected chi connectivity index (χ1v) is 5.84. The third-order valence-corrected chi connectivity index (χ3v) is 3.04. The number of hydrogen-bond acceptors (Lipinski definition) is 3. The van der Waals surface area contributed by atoms with Gasteiger partial charge in [0.1, 0.15) is 0 Å². The second-order valence-electron chi connectivity index (χ2n) is 2.96. The monoisotopic (exact) mass is 236 g/mol. The maximum absolute atomic E-state index is 5.86. The van der Waals surface area contributed by atoms with Gasteiger partial charge in [-0.15, -0.1) is 11.8 Å². The topological polar surface area (TPSA) is 25.8 Å². The first kappa shape index (κ1) is 10.5. The van der Waals surface area contributed by atoms with Crippen LogP contribution in [0.15, 0.2) is 47.9 Å². The molecule has 0 aliphatic rings. The van der Waals surface area contributed by atoms with E-state index in [2.05, 4.69) is 9.97 Å². The Hall–Kier alpha value is -1.06. The molecule has 0 saturated heterocycles. The molecule has 4 heteroatoms. The van der Waals surface area contributed by atoms with Crippen LogP contribution in [-0.4, -0.2) is 9.97 Å². The van der Waals surface area contributed by atoms with Crippen LogP contribution in [0.1, 0.15) is 5.56 Å². The van der Waals surface area contributed by atoms with E-state index in [4.69, 9.17) is 11.6 Å². The third kappa shape index (κ3) is 3.22. The number of pyridine rings is 2. The zero-order chi connectivity index (χ0) is 10.5. The minimum atomic E-state index is 0.721. The molecule has 0 spiro atoms. The molecule has 2 rings (SSSR count). The largest absolute Gasteiger partial charge is 0.264 e. The molecule has 0 radical (unpaired) electrons. The average molecular weight is 237 g/mol. The quantitative estimate of drug-likeness (QED) is 0.764. The molecule has 0 fully saturated rings. The second kappa shape index (κ2) is 5.14. The molecule has 0 atom stereocenters. The number of rotatable bonds is 3. The summed E-state index contributed by atoms with van der Waals surface area (Å²) in [5.41, 5.74) is 1.18. The van der Waals surface area contributed by atoms with E-state index in [1.54, 1.807) is 30.2 Å². The second-order valence-corrected chi connectivity index (χ2v) is 4.39. The van der Waals surface area contributed by atoms with Crippen molar-refractivity contribution in [2.24, 2.45) is 0 Å². The molecular formula is C11H9ClN2S. The van der Waals surface area contributed by atoms with Crippen LogP contribution >= 0.6 is 23.4 Å². The highest BCUT2D eigenvalue weighted by atomic mass is 35.5. The minimum absolute atomic E-state index is 0.721. The van der Waals surface area contributed by atoms with Crippen LogP contribution in [0.3, 0.4) is 0 Å². The average Bonchev–Trinajstić information content (AvgIpc) is 2.28. The van der Waals surface area contributed by atoms with Crippen molar-refractivity contribution in [3.63, 3.8) is 0 Å². The SMILES string of the molecule is Clc1ccnc(SCc2cccnc2)c1. The Kier molecular flexibility index (Phi) is 3.59. The van der Waals surface area contributed by atoms with E-state index in [9.17, 15) is 0 Å². The van der Waals surface area contributed by atoms with Crippen LogP contribution in [-0.2, 0) is 5.75 Å². The van der Waals surface area contributed by atoms with Gasteiger partial charge in [0, 0.05) is 29.4 Å². The number of hydrogen-bond donors (Lipinski definition) is 0. The lowest BCUT2D eigenvalue weighted by Crippen LogP contribution is -1.83. The zero-order valence-electron chi connectivity index (χ0n) is 7.93. The molecule has 76 valence electrons. The molecule has 0 aromatic carbocycles. The van der Waals surface area contributed by atoms with Gasteiger partial charge in [-0.25, -0.2) is 4.98 Å². The van der Waals surface area contributed by atoms with Crippen LogP contribution in [0, 0.1) is 0 Å². The van der Waals surface area contributed by atoms with E-state index in [1.165, 1.54) is 5.56 Å². The third-order valence-electron chi connectivity index (χ3n) is 1.81. The van der Waals surface area contributed by atoms with Gasteiger partial charge in [-0.1, -0.05) is 17.7 Å². The zero-order valence-corrected chi connectivity index (χ0v) is 9.50. The number of nitrogens with zero attached hydrogens (tertiary/aromatic N) is 2. The standard InChI is InChI=1S/C11H9ClN2S/c12-10-3-5-14-11(6-10)15-8-9-2-1-4-13-7-9/h1-7H,8H2. The molecule has 0 N–H and O–H groups in total. The molecule has 15 heavy (non-hydrogen) atoms. The van der Waals surface area contributed by atoms with Crippen LogP contribution in [0.2, 0.25) is 5.02 Å². The molecule has 0 amide bonds. The molecule has 2 aromatic heterocycles. The van der Waals surface area contributed by atoms with E-state index in [0.29, 0.717) is 0 Å². The molecule has 0 unspecified atom stereocenters. The summed E-state index contributed by atoms with van der Waals surface area (Å²) in [5, 5.41) is 1.66. The molecule has 0 aliphatic heterocycles. The smallest absolute Gasteiger partial charge is 0.0977 e. The lowest BCUT2D eigenvalue weighted by molar-refractivity contribution is 1.13. The molecule has 0 bridgehead atoms. The summed E-state index contributed by atoms with van der Waals surface area (Å²) in [6.45, 7) is 0. The van der Waals surface area contributed by atoms with Gasteiger partial charge < -0.3 is 0 Å². The van der Waals surface area contributed by atoms with E-state index < -0.39 is 0 Å². The van der Waals surface area contributed by atoms with E-state index in [1.807, 2.05) is 24.4 Å². The fourth-order valence-electron chi connectivity index (χ4n) is 1.10. The molecule has 2 aromatic rings. The first-order valence-electron chi connectivity index (χ1n) is 4.48. The van der Waals surface area contributed by atoms with Gasteiger partial charge in [-0.3, -0.25) is 4.98 Å². The van der Waals surface area contributed by atoms with Gasteiger partial charge in [0.2, 0.25) is 0 Å². The summed E-state index contributed by atoms with van der Waals surface area (Å²) in [7, 11) is 0. The van der Waals surface area contributed by atoms with Crippen molar-refractivity contribution in [2.75, 3.05) is 0 Å². The lowest BCUT2D eigenvalue weighted by Gasteiger charge is -2.00. The Labute approximate surface area is 97.7 Å². The van der Waals surface area contributed by atoms with Crippen LogP contribution in [0.5, 0.6) is 0 Å². The fraction of sp³-hybridized carbons (Fsp3) is 0.0909.